The van der Waals surface area contributed by atoms with Gasteiger partial charge in [-0.15, -0.1) is 0 Å². The third-order valence-corrected chi connectivity index (χ3v) is 7.80. The van der Waals surface area contributed by atoms with Crippen molar-refractivity contribution >= 4 is 21.6 Å². The number of hydrogen-bond acceptors (Lipinski definition) is 4. The Balaban J connectivity index is 1.43. The van der Waals surface area contributed by atoms with Gasteiger partial charge < -0.3 is 10.2 Å². The highest BCUT2D eigenvalue weighted by molar-refractivity contribution is 7.89. The topological polar surface area (TPSA) is 69.7 Å². The molecule has 0 radical (unpaired) electrons. The molecule has 2 aromatic rings. The molecule has 1 aliphatic carbocycles. The first-order valence-corrected chi connectivity index (χ1v) is 11.7. The summed E-state index contributed by atoms with van der Waals surface area (Å²) in [5.74, 6) is -0.175. The van der Waals surface area contributed by atoms with Crippen LogP contribution >= 0.6 is 0 Å². The highest BCUT2D eigenvalue weighted by atomic mass is 32.2. The zero-order valence-corrected chi connectivity index (χ0v) is 17.5. The number of sulfonamides is 1. The van der Waals surface area contributed by atoms with Crippen LogP contribution in [0.4, 0.5) is 5.69 Å². The summed E-state index contributed by atoms with van der Waals surface area (Å²) in [5, 5.41) is 2.87. The summed E-state index contributed by atoms with van der Waals surface area (Å²) in [5.41, 5.74) is 3.81. The second kappa shape index (κ2) is 8.26. The Labute approximate surface area is 172 Å². The number of nitrogens with zero attached hydrogens (tertiary/aromatic N) is 2. The van der Waals surface area contributed by atoms with E-state index in [9.17, 15) is 13.2 Å². The van der Waals surface area contributed by atoms with Crippen molar-refractivity contribution in [3.8, 4) is 0 Å². The van der Waals surface area contributed by atoms with Crippen molar-refractivity contribution in [2.45, 2.75) is 31.1 Å². The molecule has 1 aliphatic heterocycles. The van der Waals surface area contributed by atoms with E-state index < -0.39 is 10.0 Å². The average Bonchev–Trinajstić information content (AvgIpc) is 3.22. The van der Waals surface area contributed by atoms with E-state index in [2.05, 4.69) is 17.1 Å². The molecule has 1 amide bonds. The average molecular weight is 414 g/mol. The van der Waals surface area contributed by atoms with Gasteiger partial charge in [0.15, 0.2) is 0 Å². The zero-order valence-electron chi connectivity index (χ0n) is 16.7. The number of rotatable bonds is 5. The van der Waals surface area contributed by atoms with Crippen LogP contribution in [0.3, 0.4) is 0 Å². The summed E-state index contributed by atoms with van der Waals surface area (Å²) in [4.78, 5) is 15.1. The lowest BCUT2D eigenvalue weighted by Crippen LogP contribution is -2.48. The second-order valence-electron chi connectivity index (χ2n) is 7.65. The molecule has 0 bridgehead atoms. The number of carbonyl (C=O) groups is 1. The van der Waals surface area contributed by atoms with Crippen LogP contribution < -0.4 is 5.32 Å². The van der Waals surface area contributed by atoms with Gasteiger partial charge in [-0.3, -0.25) is 4.79 Å². The van der Waals surface area contributed by atoms with Gasteiger partial charge in [0.2, 0.25) is 10.0 Å². The van der Waals surface area contributed by atoms with Crippen molar-refractivity contribution in [2.75, 3.05) is 38.0 Å². The maximum atomic E-state index is 12.9. The summed E-state index contributed by atoms with van der Waals surface area (Å²) < 4.78 is 27.3. The number of fused-ring (bicyclic) bond motifs is 1. The molecule has 29 heavy (non-hydrogen) atoms. The third kappa shape index (κ3) is 4.22. The predicted molar refractivity (Wildman–Crippen MR) is 114 cm³/mol. The molecule has 7 heteroatoms. The van der Waals surface area contributed by atoms with Gasteiger partial charge in [-0.1, -0.05) is 13.0 Å². The number of aryl methyl sites for hydroxylation is 2. The van der Waals surface area contributed by atoms with Crippen molar-refractivity contribution in [2.24, 2.45) is 0 Å². The Hall–Kier alpha value is -2.22. The van der Waals surface area contributed by atoms with Crippen molar-refractivity contribution in [3.63, 3.8) is 0 Å². The van der Waals surface area contributed by atoms with E-state index in [0.717, 1.165) is 38.9 Å². The SMILES string of the molecule is CCN1CCN(S(=O)(=O)c2ccc(NC(=O)c3ccc4c(c3)CCC4)cc2)CC1. The normalized spacial score (nSPS) is 17.8. The van der Waals surface area contributed by atoms with E-state index >= 15 is 0 Å². The Kier molecular flexibility index (Phi) is 5.72. The number of amides is 1. The fourth-order valence-electron chi connectivity index (χ4n) is 4.06. The lowest BCUT2D eigenvalue weighted by molar-refractivity contribution is 0.102. The lowest BCUT2D eigenvalue weighted by Gasteiger charge is -2.33. The summed E-state index contributed by atoms with van der Waals surface area (Å²) in [7, 11) is -3.50. The molecule has 0 atom stereocenters. The molecule has 6 nitrogen and oxygen atoms in total. The van der Waals surface area contributed by atoms with Gasteiger partial charge in [-0.05, 0) is 73.3 Å². The van der Waals surface area contributed by atoms with E-state index in [1.165, 1.54) is 15.4 Å². The van der Waals surface area contributed by atoms with E-state index in [1.807, 2.05) is 18.2 Å². The lowest BCUT2D eigenvalue weighted by atomic mass is 10.1. The zero-order chi connectivity index (χ0) is 20.4. The fraction of sp³-hybridized carbons (Fsp3) is 0.409. The fourth-order valence-corrected chi connectivity index (χ4v) is 5.48. The van der Waals surface area contributed by atoms with E-state index in [0.29, 0.717) is 24.3 Å². The number of carbonyl (C=O) groups excluding carboxylic acids is 1. The van der Waals surface area contributed by atoms with Gasteiger partial charge in [-0.2, -0.15) is 4.31 Å². The van der Waals surface area contributed by atoms with Gasteiger partial charge in [0.1, 0.15) is 0 Å². The summed E-state index contributed by atoms with van der Waals surface area (Å²) >= 11 is 0. The minimum Gasteiger partial charge on any atom is -0.322 e. The standard InChI is InChI=1S/C22H27N3O3S/c1-2-24-12-14-25(15-13-24)29(27,28)21-10-8-20(9-11-21)23-22(26)19-7-6-17-4-3-5-18(17)16-19/h6-11,16H,2-5,12-15H2,1H3,(H,23,26). The summed E-state index contributed by atoms with van der Waals surface area (Å²) in [6.45, 7) is 5.54. The smallest absolute Gasteiger partial charge is 0.255 e. The van der Waals surface area contributed by atoms with Crippen LogP contribution in [-0.2, 0) is 22.9 Å². The van der Waals surface area contributed by atoms with E-state index in [-0.39, 0.29) is 10.8 Å². The van der Waals surface area contributed by atoms with Crippen LogP contribution in [0.5, 0.6) is 0 Å². The quantitative estimate of drug-likeness (QED) is 0.818. The van der Waals surface area contributed by atoms with Crippen LogP contribution in [0, 0.1) is 0 Å². The van der Waals surface area contributed by atoms with Crippen LogP contribution in [0.1, 0.15) is 34.8 Å². The predicted octanol–water partition coefficient (Wildman–Crippen LogP) is 2.75. The number of piperazine rings is 1. The molecule has 154 valence electrons. The molecule has 1 fully saturated rings. The van der Waals surface area contributed by atoms with E-state index in [1.54, 1.807) is 24.3 Å². The maximum Gasteiger partial charge on any atom is 0.255 e. The minimum atomic E-state index is -3.50. The molecule has 1 heterocycles. The Morgan fingerprint density at radius 2 is 1.66 bits per heavy atom. The van der Waals surface area contributed by atoms with Crippen LogP contribution in [0.2, 0.25) is 0 Å². The molecular formula is C22H27N3O3S. The Morgan fingerprint density at radius 3 is 2.34 bits per heavy atom. The molecular weight excluding hydrogens is 386 g/mol. The van der Waals surface area contributed by atoms with Crippen molar-refractivity contribution in [3.05, 3.63) is 59.2 Å². The molecule has 4 rings (SSSR count). The summed E-state index contributed by atoms with van der Waals surface area (Å²) in [6, 6.07) is 12.3. The maximum absolute atomic E-state index is 12.9. The number of anilines is 1. The first-order chi connectivity index (χ1) is 14.0. The van der Waals surface area contributed by atoms with Gasteiger partial charge >= 0.3 is 0 Å². The number of hydrogen-bond donors (Lipinski definition) is 1. The Bertz CT molecular complexity index is 994. The van der Waals surface area contributed by atoms with Crippen molar-refractivity contribution in [1.29, 1.82) is 0 Å². The molecule has 1 N–H and O–H groups in total. The highest BCUT2D eigenvalue weighted by Crippen LogP contribution is 2.24. The molecule has 1 saturated heterocycles. The number of benzene rings is 2. The monoisotopic (exact) mass is 413 g/mol. The minimum absolute atomic E-state index is 0.175. The van der Waals surface area contributed by atoms with Crippen molar-refractivity contribution in [1.82, 2.24) is 9.21 Å². The van der Waals surface area contributed by atoms with Crippen molar-refractivity contribution < 1.29 is 13.2 Å². The first kappa shape index (κ1) is 20.1. The largest absolute Gasteiger partial charge is 0.322 e. The van der Waals surface area contributed by atoms with Gasteiger partial charge in [0.25, 0.3) is 5.91 Å². The van der Waals surface area contributed by atoms with E-state index in [4.69, 9.17) is 0 Å². The number of likely N-dealkylation sites (N-methyl/N-ethyl adjacent to an activating group) is 1. The van der Waals surface area contributed by atoms with Crippen LogP contribution in [-0.4, -0.2) is 56.3 Å². The highest BCUT2D eigenvalue weighted by Gasteiger charge is 2.28. The van der Waals surface area contributed by atoms with Gasteiger partial charge in [0.05, 0.1) is 4.90 Å². The Morgan fingerprint density at radius 1 is 0.966 bits per heavy atom. The molecule has 0 spiro atoms. The third-order valence-electron chi connectivity index (χ3n) is 5.89. The summed E-state index contributed by atoms with van der Waals surface area (Å²) in [6.07, 6.45) is 3.25. The molecule has 2 aromatic carbocycles. The van der Waals surface area contributed by atoms with Crippen LogP contribution in [0.15, 0.2) is 47.4 Å². The van der Waals surface area contributed by atoms with Gasteiger partial charge in [0, 0.05) is 37.4 Å². The first-order valence-electron chi connectivity index (χ1n) is 10.2. The second-order valence-corrected chi connectivity index (χ2v) is 9.59. The molecule has 0 unspecified atom stereocenters. The molecule has 2 aliphatic rings. The molecule has 0 saturated carbocycles. The number of nitrogens with one attached hydrogen (secondary N) is 1. The van der Waals surface area contributed by atoms with Crippen LogP contribution in [0.25, 0.3) is 0 Å². The molecule has 0 aromatic heterocycles. The van der Waals surface area contributed by atoms with Gasteiger partial charge in [-0.25, -0.2) is 8.42 Å².